The van der Waals surface area contributed by atoms with Crippen LogP contribution in [-0.4, -0.2) is 43.9 Å². The van der Waals surface area contributed by atoms with Gasteiger partial charge in [0.15, 0.2) is 0 Å². The molecule has 0 N–H and O–H groups in total. The van der Waals surface area contributed by atoms with E-state index in [1.807, 2.05) is 0 Å². The molecule has 1 saturated heterocycles. The fraction of sp³-hybridized carbons (Fsp3) is 0.250. The lowest BCUT2D eigenvalue weighted by Gasteiger charge is -2.26. The summed E-state index contributed by atoms with van der Waals surface area (Å²) in [6.07, 6.45) is 0. The van der Waals surface area contributed by atoms with Crippen molar-refractivity contribution in [2.24, 2.45) is 0 Å². The molecule has 0 saturated carbocycles. The van der Waals surface area contributed by atoms with E-state index in [9.17, 15) is 18.5 Å². The maximum Gasteiger partial charge on any atom is 0.313 e. The van der Waals surface area contributed by atoms with Crippen molar-refractivity contribution in [3.63, 3.8) is 0 Å². The van der Waals surface area contributed by atoms with Crippen LogP contribution in [0.2, 0.25) is 5.02 Å². The number of sulfonamides is 1. The fourth-order valence-corrected chi connectivity index (χ4v) is 4.04. The van der Waals surface area contributed by atoms with E-state index in [1.54, 1.807) is 0 Å². The highest BCUT2D eigenvalue weighted by Crippen LogP contribution is 2.34. The number of morpholine rings is 1. The minimum Gasteiger partial charge on any atom is -0.450 e. The van der Waals surface area contributed by atoms with E-state index in [4.69, 9.17) is 21.1 Å². The van der Waals surface area contributed by atoms with Crippen molar-refractivity contribution in [2.75, 3.05) is 26.3 Å². The molecule has 0 aromatic heterocycles. The van der Waals surface area contributed by atoms with Crippen molar-refractivity contribution in [2.45, 2.75) is 4.90 Å². The number of benzene rings is 2. The predicted molar refractivity (Wildman–Crippen MR) is 94.2 cm³/mol. The van der Waals surface area contributed by atoms with Crippen molar-refractivity contribution in [1.82, 2.24) is 4.31 Å². The van der Waals surface area contributed by atoms with E-state index in [0.29, 0.717) is 26.3 Å². The molecule has 2 aromatic carbocycles. The van der Waals surface area contributed by atoms with Gasteiger partial charge in [0.25, 0.3) is 0 Å². The van der Waals surface area contributed by atoms with Crippen molar-refractivity contribution < 1.29 is 22.8 Å². The lowest BCUT2D eigenvalue weighted by Crippen LogP contribution is -2.40. The Kier molecular flexibility index (Phi) is 5.42. The minimum atomic E-state index is -3.61. The Bertz CT molecular complexity index is 911. The first-order valence-corrected chi connectivity index (χ1v) is 9.49. The van der Waals surface area contributed by atoms with Crippen molar-refractivity contribution in [1.29, 1.82) is 0 Å². The third-order valence-corrected chi connectivity index (χ3v) is 5.93. The van der Waals surface area contributed by atoms with Gasteiger partial charge in [-0.3, -0.25) is 10.1 Å². The molecule has 8 nitrogen and oxygen atoms in total. The molecule has 0 atom stereocenters. The van der Waals surface area contributed by atoms with Crippen LogP contribution in [0.15, 0.2) is 47.4 Å². The van der Waals surface area contributed by atoms with E-state index in [0.717, 1.165) is 0 Å². The van der Waals surface area contributed by atoms with Gasteiger partial charge in [0.1, 0.15) is 5.75 Å². The highest BCUT2D eigenvalue weighted by Gasteiger charge is 2.26. The summed E-state index contributed by atoms with van der Waals surface area (Å²) >= 11 is 5.77. The van der Waals surface area contributed by atoms with Crippen LogP contribution in [0.4, 0.5) is 5.69 Å². The summed E-state index contributed by atoms with van der Waals surface area (Å²) in [6, 6.07) is 9.76. The molecule has 0 aliphatic carbocycles. The van der Waals surface area contributed by atoms with Gasteiger partial charge in [-0.1, -0.05) is 11.6 Å². The second kappa shape index (κ2) is 7.58. The second-order valence-corrected chi connectivity index (χ2v) is 7.83. The van der Waals surface area contributed by atoms with Crippen LogP contribution < -0.4 is 4.74 Å². The quantitative estimate of drug-likeness (QED) is 0.567. The number of hydrogen-bond donors (Lipinski definition) is 0. The molecule has 138 valence electrons. The summed E-state index contributed by atoms with van der Waals surface area (Å²) in [7, 11) is -3.61. The average Bonchev–Trinajstić information content (AvgIpc) is 2.64. The molecule has 0 spiro atoms. The standard InChI is InChI=1S/C16H15ClN2O6S/c17-12-1-6-16(15(11-12)19(20)21)25-13-2-4-14(5-3-13)26(22,23)18-7-9-24-10-8-18/h1-6,11H,7-10H2. The first-order valence-electron chi connectivity index (χ1n) is 7.68. The molecule has 2 aromatic rings. The van der Waals surface area contributed by atoms with Crippen LogP contribution in [0.5, 0.6) is 11.5 Å². The molecule has 1 fully saturated rings. The largest absolute Gasteiger partial charge is 0.450 e. The van der Waals surface area contributed by atoms with Crippen LogP contribution in [0.3, 0.4) is 0 Å². The molecule has 0 bridgehead atoms. The van der Waals surface area contributed by atoms with Gasteiger partial charge in [0.2, 0.25) is 15.8 Å². The van der Waals surface area contributed by atoms with Crippen LogP contribution in [-0.2, 0) is 14.8 Å². The Morgan fingerprint density at radius 3 is 2.38 bits per heavy atom. The summed E-state index contributed by atoms with van der Waals surface area (Å²) in [6.45, 7) is 1.33. The van der Waals surface area contributed by atoms with Gasteiger partial charge in [0, 0.05) is 24.2 Å². The first-order chi connectivity index (χ1) is 12.4. The Morgan fingerprint density at radius 1 is 1.12 bits per heavy atom. The van der Waals surface area contributed by atoms with Gasteiger partial charge in [-0.2, -0.15) is 4.31 Å². The van der Waals surface area contributed by atoms with Gasteiger partial charge in [0.05, 0.1) is 23.0 Å². The first kappa shape index (κ1) is 18.6. The smallest absolute Gasteiger partial charge is 0.313 e. The van der Waals surface area contributed by atoms with Crippen molar-refractivity contribution in [3.8, 4) is 11.5 Å². The van der Waals surface area contributed by atoms with Crippen LogP contribution in [0, 0.1) is 10.1 Å². The number of rotatable bonds is 5. The number of hydrogen-bond acceptors (Lipinski definition) is 6. The minimum absolute atomic E-state index is 0.0168. The molecule has 1 aliphatic heterocycles. The van der Waals surface area contributed by atoms with Crippen molar-refractivity contribution in [3.05, 3.63) is 57.6 Å². The zero-order valence-corrected chi connectivity index (χ0v) is 15.1. The van der Waals surface area contributed by atoms with Gasteiger partial charge in [-0.05, 0) is 36.4 Å². The summed E-state index contributed by atoms with van der Waals surface area (Å²) in [5.74, 6) is 0.291. The SMILES string of the molecule is O=[N+]([O-])c1cc(Cl)ccc1Oc1ccc(S(=O)(=O)N2CCOCC2)cc1. The summed E-state index contributed by atoms with van der Waals surface area (Å²) in [5, 5.41) is 11.3. The van der Waals surface area contributed by atoms with Crippen LogP contribution >= 0.6 is 11.6 Å². The predicted octanol–water partition coefficient (Wildman–Crippen LogP) is 3.06. The number of nitro groups is 1. The summed E-state index contributed by atoms with van der Waals surface area (Å²) < 4.78 is 37.2. The fourth-order valence-electron chi connectivity index (χ4n) is 2.46. The van der Waals surface area contributed by atoms with E-state index in [-0.39, 0.29) is 27.1 Å². The van der Waals surface area contributed by atoms with Crippen molar-refractivity contribution >= 4 is 27.3 Å². The normalized spacial score (nSPS) is 15.6. The van der Waals surface area contributed by atoms with Crippen LogP contribution in [0.1, 0.15) is 0 Å². The molecule has 10 heteroatoms. The Hall–Kier alpha value is -2.20. The third kappa shape index (κ3) is 3.96. The van der Waals surface area contributed by atoms with Gasteiger partial charge >= 0.3 is 5.69 Å². The van der Waals surface area contributed by atoms with E-state index < -0.39 is 14.9 Å². The topological polar surface area (TPSA) is 99.0 Å². The van der Waals surface area contributed by atoms with E-state index in [1.165, 1.54) is 46.8 Å². The maximum atomic E-state index is 12.6. The third-order valence-electron chi connectivity index (χ3n) is 3.78. The van der Waals surface area contributed by atoms with E-state index in [2.05, 4.69) is 0 Å². The Morgan fingerprint density at radius 2 is 1.77 bits per heavy atom. The molecule has 0 unspecified atom stereocenters. The lowest BCUT2D eigenvalue weighted by atomic mass is 10.3. The average molecular weight is 399 g/mol. The maximum absolute atomic E-state index is 12.6. The second-order valence-electron chi connectivity index (χ2n) is 5.46. The lowest BCUT2D eigenvalue weighted by molar-refractivity contribution is -0.385. The Labute approximate surface area is 155 Å². The molecule has 0 radical (unpaired) electrons. The zero-order valence-electron chi connectivity index (χ0n) is 13.5. The monoisotopic (exact) mass is 398 g/mol. The van der Waals surface area contributed by atoms with Gasteiger partial charge < -0.3 is 9.47 Å². The molecule has 26 heavy (non-hydrogen) atoms. The van der Waals surface area contributed by atoms with E-state index >= 15 is 0 Å². The molecule has 0 amide bonds. The van der Waals surface area contributed by atoms with Crippen LogP contribution in [0.25, 0.3) is 0 Å². The number of ether oxygens (including phenoxy) is 2. The van der Waals surface area contributed by atoms with Gasteiger partial charge in [-0.25, -0.2) is 8.42 Å². The number of nitro benzene ring substituents is 1. The molecular formula is C16H15ClN2O6S. The molecule has 1 heterocycles. The highest BCUT2D eigenvalue weighted by atomic mass is 35.5. The summed E-state index contributed by atoms with van der Waals surface area (Å²) in [5.41, 5.74) is -0.275. The summed E-state index contributed by atoms with van der Waals surface area (Å²) in [4.78, 5) is 10.6. The highest BCUT2D eigenvalue weighted by molar-refractivity contribution is 7.89. The van der Waals surface area contributed by atoms with Gasteiger partial charge in [-0.15, -0.1) is 0 Å². The number of halogens is 1. The molecular weight excluding hydrogens is 384 g/mol. The Balaban J connectivity index is 1.81. The zero-order chi connectivity index (χ0) is 18.7. The molecule has 1 aliphatic rings. The molecule has 3 rings (SSSR count). The number of nitrogens with zero attached hydrogens (tertiary/aromatic N) is 2.